The number of hydrogen-bond acceptors (Lipinski definition) is 4. The van der Waals surface area contributed by atoms with E-state index in [1.54, 1.807) is 30.1 Å². The molecule has 0 fully saturated rings. The molecule has 0 atom stereocenters. The van der Waals surface area contributed by atoms with E-state index in [9.17, 15) is 4.39 Å². The molecule has 0 aliphatic heterocycles. The number of hydrogen-bond donors (Lipinski definition) is 1. The van der Waals surface area contributed by atoms with Gasteiger partial charge in [-0.3, -0.25) is 5.10 Å². The molecule has 1 aromatic heterocycles. The normalized spacial score (nSPS) is 11.1. The molecule has 3 rings (SSSR count). The Bertz CT molecular complexity index is 898. The van der Waals surface area contributed by atoms with E-state index in [2.05, 4.69) is 15.3 Å². The topological polar surface area (TPSA) is 55.2 Å². The van der Waals surface area contributed by atoms with Crippen LogP contribution in [0.2, 0.25) is 0 Å². The SMILES string of the molecule is COc1ccc(/C=N\n2c(Cc3ccc(F)cc3)n[nH]c2=S)cc1. The lowest BCUT2D eigenvalue weighted by Crippen LogP contribution is -2.00. The van der Waals surface area contributed by atoms with E-state index < -0.39 is 0 Å². The Morgan fingerprint density at radius 2 is 1.92 bits per heavy atom. The van der Waals surface area contributed by atoms with Crippen molar-refractivity contribution in [3.8, 4) is 5.75 Å². The summed E-state index contributed by atoms with van der Waals surface area (Å²) in [5, 5.41) is 11.3. The molecule has 0 amide bonds. The Morgan fingerprint density at radius 1 is 1.21 bits per heavy atom. The van der Waals surface area contributed by atoms with Crippen molar-refractivity contribution >= 4 is 18.4 Å². The third-order valence-corrected chi connectivity index (χ3v) is 3.70. The summed E-state index contributed by atoms with van der Waals surface area (Å²) in [6.07, 6.45) is 2.19. The highest BCUT2D eigenvalue weighted by atomic mass is 32.1. The van der Waals surface area contributed by atoms with E-state index in [0.29, 0.717) is 17.0 Å². The highest BCUT2D eigenvalue weighted by Gasteiger charge is 2.06. The molecule has 0 spiro atoms. The molecule has 1 N–H and O–H groups in total. The molecule has 0 saturated heterocycles. The molecule has 0 unspecified atom stereocenters. The number of aromatic nitrogens is 3. The number of benzene rings is 2. The Hall–Kier alpha value is -2.80. The highest BCUT2D eigenvalue weighted by molar-refractivity contribution is 7.71. The number of halogens is 1. The van der Waals surface area contributed by atoms with Gasteiger partial charge in [-0.1, -0.05) is 12.1 Å². The van der Waals surface area contributed by atoms with Gasteiger partial charge in [-0.05, 0) is 59.7 Å². The average Bonchev–Trinajstić information content (AvgIpc) is 2.95. The van der Waals surface area contributed by atoms with E-state index in [-0.39, 0.29) is 5.82 Å². The molecule has 24 heavy (non-hydrogen) atoms. The molecule has 0 saturated carbocycles. The second kappa shape index (κ2) is 7.18. The number of nitrogens with one attached hydrogen (secondary N) is 1. The minimum Gasteiger partial charge on any atom is -0.497 e. The maximum Gasteiger partial charge on any atom is 0.216 e. The first-order valence-electron chi connectivity index (χ1n) is 7.25. The number of rotatable bonds is 5. The molecule has 122 valence electrons. The molecule has 0 radical (unpaired) electrons. The van der Waals surface area contributed by atoms with Crippen LogP contribution in [0.25, 0.3) is 0 Å². The summed E-state index contributed by atoms with van der Waals surface area (Å²) in [6.45, 7) is 0. The summed E-state index contributed by atoms with van der Waals surface area (Å²) >= 11 is 5.22. The third kappa shape index (κ3) is 3.75. The molecule has 0 bridgehead atoms. The summed E-state index contributed by atoms with van der Waals surface area (Å²) in [4.78, 5) is 0. The predicted octanol–water partition coefficient (Wildman–Crippen LogP) is 3.56. The predicted molar refractivity (Wildman–Crippen MR) is 92.6 cm³/mol. The summed E-state index contributed by atoms with van der Waals surface area (Å²) in [5.74, 6) is 1.16. The molecule has 0 aliphatic carbocycles. The van der Waals surface area contributed by atoms with Crippen LogP contribution in [0.4, 0.5) is 4.39 Å². The Balaban J connectivity index is 1.82. The van der Waals surface area contributed by atoms with Crippen LogP contribution >= 0.6 is 12.2 Å². The maximum atomic E-state index is 13.0. The molecule has 0 aliphatic rings. The van der Waals surface area contributed by atoms with E-state index in [0.717, 1.165) is 16.9 Å². The van der Waals surface area contributed by atoms with Crippen LogP contribution in [0.5, 0.6) is 5.75 Å². The van der Waals surface area contributed by atoms with Crippen LogP contribution in [0.1, 0.15) is 17.0 Å². The monoisotopic (exact) mass is 342 g/mol. The first-order valence-corrected chi connectivity index (χ1v) is 7.65. The van der Waals surface area contributed by atoms with Crippen LogP contribution in [0.15, 0.2) is 53.6 Å². The minimum absolute atomic E-state index is 0.268. The lowest BCUT2D eigenvalue weighted by molar-refractivity contribution is 0.415. The van der Waals surface area contributed by atoms with Crippen LogP contribution < -0.4 is 4.74 Å². The second-order valence-corrected chi connectivity index (χ2v) is 5.46. The van der Waals surface area contributed by atoms with Crippen molar-refractivity contribution in [2.45, 2.75) is 6.42 Å². The second-order valence-electron chi connectivity index (χ2n) is 5.08. The van der Waals surface area contributed by atoms with Crippen LogP contribution in [0, 0.1) is 10.6 Å². The number of methoxy groups -OCH3 is 1. The summed E-state index contributed by atoms with van der Waals surface area (Å²) in [7, 11) is 1.62. The highest BCUT2D eigenvalue weighted by Crippen LogP contribution is 2.11. The van der Waals surface area contributed by atoms with E-state index in [4.69, 9.17) is 17.0 Å². The quantitative estimate of drug-likeness (QED) is 0.570. The third-order valence-electron chi connectivity index (χ3n) is 3.43. The zero-order valence-electron chi connectivity index (χ0n) is 12.9. The van der Waals surface area contributed by atoms with Gasteiger partial charge in [0.05, 0.1) is 13.3 Å². The average molecular weight is 342 g/mol. The van der Waals surface area contributed by atoms with E-state index in [1.807, 2.05) is 24.3 Å². The van der Waals surface area contributed by atoms with Crippen molar-refractivity contribution < 1.29 is 9.13 Å². The fraction of sp³-hybridized carbons (Fsp3) is 0.118. The van der Waals surface area contributed by atoms with Crippen molar-refractivity contribution in [2.24, 2.45) is 5.10 Å². The van der Waals surface area contributed by atoms with E-state index >= 15 is 0 Å². The first-order chi connectivity index (χ1) is 11.7. The molecule has 3 aromatic rings. The molecular weight excluding hydrogens is 327 g/mol. The Labute approximate surface area is 143 Å². The van der Waals surface area contributed by atoms with E-state index in [1.165, 1.54) is 12.1 Å². The fourth-order valence-corrected chi connectivity index (χ4v) is 2.36. The summed E-state index contributed by atoms with van der Waals surface area (Å²) in [6, 6.07) is 13.8. The van der Waals surface area contributed by atoms with Gasteiger partial charge in [0, 0.05) is 6.42 Å². The van der Waals surface area contributed by atoms with Gasteiger partial charge in [0.2, 0.25) is 4.77 Å². The largest absolute Gasteiger partial charge is 0.497 e. The van der Waals surface area contributed by atoms with Gasteiger partial charge in [-0.25, -0.2) is 4.39 Å². The van der Waals surface area contributed by atoms with Gasteiger partial charge >= 0.3 is 0 Å². The molecule has 1 heterocycles. The van der Waals surface area contributed by atoms with Gasteiger partial charge in [0.1, 0.15) is 11.6 Å². The van der Waals surface area contributed by atoms with Crippen LogP contribution in [-0.4, -0.2) is 28.2 Å². The maximum absolute atomic E-state index is 13.0. The lowest BCUT2D eigenvalue weighted by atomic mass is 10.1. The van der Waals surface area contributed by atoms with Crippen LogP contribution in [-0.2, 0) is 6.42 Å². The Kier molecular flexibility index (Phi) is 4.81. The number of nitrogens with zero attached hydrogens (tertiary/aromatic N) is 3. The lowest BCUT2D eigenvalue weighted by Gasteiger charge is -2.02. The van der Waals surface area contributed by atoms with Crippen molar-refractivity contribution in [1.29, 1.82) is 0 Å². The van der Waals surface area contributed by atoms with Gasteiger partial charge in [0.15, 0.2) is 5.82 Å². The standard InChI is InChI=1S/C17H15FN4OS/c1-23-15-8-4-13(5-9-15)11-19-22-16(20-21-17(22)24)10-12-2-6-14(18)7-3-12/h2-9,11H,10H2,1H3,(H,21,24)/b19-11-. The zero-order valence-corrected chi connectivity index (χ0v) is 13.8. The molecule has 5 nitrogen and oxygen atoms in total. The number of aromatic amines is 1. The fourth-order valence-electron chi connectivity index (χ4n) is 2.16. The number of H-pyrrole nitrogens is 1. The van der Waals surface area contributed by atoms with Gasteiger partial charge in [-0.2, -0.15) is 14.9 Å². The van der Waals surface area contributed by atoms with Gasteiger partial charge in [0.25, 0.3) is 0 Å². The Morgan fingerprint density at radius 3 is 2.58 bits per heavy atom. The smallest absolute Gasteiger partial charge is 0.216 e. The summed E-state index contributed by atoms with van der Waals surface area (Å²) in [5.41, 5.74) is 1.83. The number of ether oxygens (including phenoxy) is 1. The summed E-state index contributed by atoms with van der Waals surface area (Å²) < 4.78 is 20.1. The van der Waals surface area contributed by atoms with Crippen LogP contribution in [0.3, 0.4) is 0 Å². The van der Waals surface area contributed by atoms with Crippen molar-refractivity contribution in [3.63, 3.8) is 0 Å². The van der Waals surface area contributed by atoms with Crippen molar-refractivity contribution in [3.05, 3.63) is 76.1 Å². The minimum atomic E-state index is -0.268. The molecule has 7 heteroatoms. The first kappa shape index (κ1) is 16.1. The molecular formula is C17H15FN4OS. The van der Waals surface area contributed by atoms with Gasteiger partial charge in [-0.15, -0.1) is 0 Å². The molecule has 2 aromatic carbocycles. The van der Waals surface area contributed by atoms with Gasteiger partial charge < -0.3 is 4.74 Å². The van der Waals surface area contributed by atoms with Crippen molar-refractivity contribution in [1.82, 2.24) is 14.9 Å². The van der Waals surface area contributed by atoms with Crippen molar-refractivity contribution in [2.75, 3.05) is 7.11 Å². The zero-order chi connectivity index (χ0) is 16.9.